The van der Waals surface area contributed by atoms with Gasteiger partial charge in [0.25, 0.3) is 0 Å². The van der Waals surface area contributed by atoms with Gasteiger partial charge in [-0.3, -0.25) is 4.98 Å². The summed E-state index contributed by atoms with van der Waals surface area (Å²) in [6.45, 7) is 0. The molecule has 18 heavy (non-hydrogen) atoms. The fourth-order valence-corrected chi connectivity index (χ4v) is 3.02. The Bertz CT molecular complexity index is 562. The first-order valence-corrected chi connectivity index (χ1v) is 7.23. The Morgan fingerprint density at radius 1 is 1.33 bits per heavy atom. The Balaban J connectivity index is 2.19. The highest BCUT2D eigenvalue weighted by atomic mass is 127. The maximum absolute atomic E-state index is 13.0. The fraction of sp³-hybridized carbons (Fsp3) is 0.154. The van der Waals surface area contributed by atoms with E-state index < -0.39 is 0 Å². The molecule has 1 atom stereocenters. The van der Waals surface area contributed by atoms with Crippen LogP contribution in [0.25, 0.3) is 0 Å². The molecule has 2 rings (SSSR count). The van der Waals surface area contributed by atoms with Crippen molar-refractivity contribution in [2.45, 2.75) is 12.5 Å². The van der Waals surface area contributed by atoms with E-state index in [0.717, 1.165) is 19.2 Å². The summed E-state index contributed by atoms with van der Waals surface area (Å²) in [4.78, 5) is 4.10. The highest BCUT2D eigenvalue weighted by Gasteiger charge is 2.11. The first kappa shape index (κ1) is 13.9. The molecule has 0 fully saturated rings. The largest absolute Gasteiger partial charge is 0.324 e. The number of nitrogens with two attached hydrogens (primary N) is 1. The van der Waals surface area contributed by atoms with Crippen molar-refractivity contribution in [2.24, 2.45) is 5.73 Å². The topological polar surface area (TPSA) is 38.9 Å². The van der Waals surface area contributed by atoms with Gasteiger partial charge in [-0.1, -0.05) is 6.07 Å². The molecule has 1 aromatic heterocycles. The van der Waals surface area contributed by atoms with Gasteiger partial charge in [0.15, 0.2) is 0 Å². The molecule has 0 aliphatic carbocycles. The zero-order chi connectivity index (χ0) is 13.1. The minimum absolute atomic E-state index is 0.159. The summed E-state index contributed by atoms with van der Waals surface area (Å²) >= 11 is 5.48. The summed E-state index contributed by atoms with van der Waals surface area (Å²) < 4.78 is 14.8. The van der Waals surface area contributed by atoms with E-state index in [1.807, 2.05) is 6.07 Å². The minimum Gasteiger partial charge on any atom is -0.324 e. The van der Waals surface area contributed by atoms with Crippen molar-refractivity contribution >= 4 is 38.5 Å². The maximum atomic E-state index is 13.0. The van der Waals surface area contributed by atoms with Gasteiger partial charge in [0.05, 0.1) is 0 Å². The van der Waals surface area contributed by atoms with Gasteiger partial charge < -0.3 is 5.73 Å². The quantitative estimate of drug-likeness (QED) is 0.766. The summed E-state index contributed by atoms with van der Waals surface area (Å²) in [5.74, 6) is -0.237. The molecule has 1 aromatic carbocycles. The van der Waals surface area contributed by atoms with Crippen molar-refractivity contribution in [2.75, 3.05) is 0 Å². The van der Waals surface area contributed by atoms with Crippen LogP contribution >= 0.6 is 38.5 Å². The average molecular weight is 421 g/mol. The second-order valence-electron chi connectivity index (χ2n) is 3.99. The van der Waals surface area contributed by atoms with E-state index in [1.165, 1.54) is 12.1 Å². The van der Waals surface area contributed by atoms with Gasteiger partial charge in [0, 0.05) is 26.5 Å². The number of pyridine rings is 1. The number of hydrogen-bond donors (Lipinski definition) is 1. The third-order valence-electron chi connectivity index (χ3n) is 2.58. The Kier molecular flexibility index (Phi) is 4.69. The number of nitrogens with zero attached hydrogens (tertiary/aromatic N) is 1. The van der Waals surface area contributed by atoms with Crippen LogP contribution in [0.3, 0.4) is 0 Å². The maximum Gasteiger partial charge on any atom is 0.124 e. The fourth-order valence-electron chi connectivity index (χ4n) is 1.73. The lowest BCUT2D eigenvalue weighted by atomic mass is 10.0. The molecule has 0 bridgehead atoms. The van der Waals surface area contributed by atoms with Crippen LogP contribution in [-0.2, 0) is 6.42 Å². The van der Waals surface area contributed by atoms with E-state index in [1.54, 1.807) is 18.5 Å². The molecule has 5 heteroatoms. The molecule has 2 nitrogen and oxygen atoms in total. The molecular weight excluding hydrogens is 410 g/mol. The first-order chi connectivity index (χ1) is 8.56. The van der Waals surface area contributed by atoms with Gasteiger partial charge in [0.2, 0.25) is 0 Å². The lowest BCUT2D eigenvalue weighted by molar-refractivity contribution is 0.622. The van der Waals surface area contributed by atoms with Gasteiger partial charge >= 0.3 is 0 Å². The molecule has 94 valence electrons. The average Bonchev–Trinajstić information content (AvgIpc) is 2.28. The number of aromatic nitrogens is 1. The van der Waals surface area contributed by atoms with Crippen LogP contribution in [0, 0.1) is 9.39 Å². The summed E-state index contributed by atoms with van der Waals surface area (Å²) in [6, 6.07) is 6.51. The Labute approximate surface area is 127 Å². The van der Waals surface area contributed by atoms with Gasteiger partial charge in [-0.15, -0.1) is 0 Å². The summed E-state index contributed by atoms with van der Waals surface area (Å²) in [6.07, 6.45) is 4.20. The lowest BCUT2D eigenvalue weighted by Gasteiger charge is -2.14. The summed E-state index contributed by atoms with van der Waals surface area (Å²) in [7, 11) is 0. The molecule has 0 amide bonds. The van der Waals surface area contributed by atoms with Crippen molar-refractivity contribution in [3.8, 4) is 0 Å². The van der Waals surface area contributed by atoms with E-state index in [2.05, 4.69) is 43.5 Å². The van der Waals surface area contributed by atoms with Gasteiger partial charge in [-0.25, -0.2) is 4.39 Å². The van der Waals surface area contributed by atoms with Crippen LogP contribution in [-0.4, -0.2) is 4.98 Å². The Morgan fingerprint density at radius 2 is 2.11 bits per heavy atom. The van der Waals surface area contributed by atoms with Crippen LogP contribution in [0.15, 0.2) is 41.1 Å². The highest BCUT2D eigenvalue weighted by Crippen LogP contribution is 2.23. The minimum atomic E-state index is -0.237. The normalized spacial score (nSPS) is 12.4. The van der Waals surface area contributed by atoms with E-state index in [9.17, 15) is 4.39 Å². The Morgan fingerprint density at radius 3 is 2.78 bits per heavy atom. The second kappa shape index (κ2) is 6.08. The third-order valence-corrected chi connectivity index (χ3v) is 3.95. The standard InChI is InChI=1S/C13H11BrFIN2/c14-9-3-8(6-18-7-9)4-13(17)11-2-1-10(15)5-12(11)16/h1-3,5-7,13H,4,17H2. The van der Waals surface area contributed by atoms with E-state index in [0.29, 0.717) is 6.42 Å². The summed E-state index contributed by atoms with van der Waals surface area (Å²) in [5, 5.41) is 0. The van der Waals surface area contributed by atoms with Crippen LogP contribution in [0.4, 0.5) is 4.39 Å². The molecule has 0 saturated heterocycles. The molecule has 2 aromatic rings. The predicted octanol–water partition coefficient (Wildman–Crippen LogP) is 3.83. The molecule has 0 aliphatic heterocycles. The Hall–Kier alpha value is -0.530. The monoisotopic (exact) mass is 420 g/mol. The SMILES string of the molecule is NC(Cc1cncc(Br)c1)c1ccc(F)cc1I. The third kappa shape index (κ3) is 3.49. The lowest BCUT2D eigenvalue weighted by Crippen LogP contribution is -2.15. The molecule has 0 aliphatic rings. The second-order valence-corrected chi connectivity index (χ2v) is 6.07. The van der Waals surface area contributed by atoms with Gasteiger partial charge in [-0.2, -0.15) is 0 Å². The molecule has 1 heterocycles. The molecule has 1 unspecified atom stereocenters. The van der Waals surface area contributed by atoms with Crippen LogP contribution < -0.4 is 5.73 Å². The van der Waals surface area contributed by atoms with Crippen molar-refractivity contribution in [1.82, 2.24) is 4.98 Å². The molecular formula is C13H11BrFIN2. The number of halogens is 3. The van der Waals surface area contributed by atoms with Gasteiger partial charge in [-0.05, 0) is 74.3 Å². The van der Waals surface area contributed by atoms with E-state index in [4.69, 9.17) is 5.73 Å². The van der Waals surface area contributed by atoms with Crippen molar-refractivity contribution in [3.63, 3.8) is 0 Å². The van der Waals surface area contributed by atoms with Crippen LogP contribution in [0.5, 0.6) is 0 Å². The van der Waals surface area contributed by atoms with Crippen molar-refractivity contribution in [1.29, 1.82) is 0 Å². The smallest absolute Gasteiger partial charge is 0.124 e. The van der Waals surface area contributed by atoms with Crippen molar-refractivity contribution < 1.29 is 4.39 Å². The molecule has 0 spiro atoms. The number of rotatable bonds is 3. The van der Waals surface area contributed by atoms with E-state index >= 15 is 0 Å². The van der Waals surface area contributed by atoms with Crippen molar-refractivity contribution in [3.05, 3.63) is 61.6 Å². The van der Waals surface area contributed by atoms with Crippen LogP contribution in [0.2, 0.25) is 0 Å². The predicted molar refractivity (Wildman–Crippen MR) is 81.7 cm³/mol. The van der Waals surface area contributed by atoms with Gasteiger partial charge in [0.1, 0.15) is 5.82 Å². The first-order valence-electron chi connectivity index (χ1n) is 5.36. The zero-order valence-corrected chi connectivity index (χ0v) is 13.2. The molecule has 0 radical (unpaired) electrons. The molecule has 0 saturated carbocycles. The number of hydrogen-bond acceptors (Lipinski definition) is 2. The zero-order valence-electron chi connectivity index (χ0n) is 9.41. The number of benzene rings is 1. The van der Waals surface area contributed by atoms with E-state index in [-0.39, 0.29) is 11.9 Å². The highest BCUT2D eigenvalue weighted by molar-refractivity contribution is 14.1. The molecule has 2 N–H and O–H groups in total. The summed E-state index contributed by atoms with van der Waals surface area (Å²) in [5.41, 5.74) is 8.17. The van der Waals surface area contributed by atoms with Crippen LogP contribution in [0.1, 0.15) is 17.2 Å².